The van der Waals surface area contributed by atoms with Crippen LogP contribution in [-0.2, 0) is 4.79 Å². The van der Waals surface area contributed by atoms with Gasteiger partial charge in [-0.1, -0.05) is 6.42 Å². The van der Waals surface area contributed by atoms with E-state index in [1.807, 2.05) is 0 Å². The highest BCUT2D eigenvalue weighted by Gasteiger charge is 2.25. The summed E-state index contributed by atoms with van der Waals surface area (Å²) in [5.74, 6) is -0.207. The van der Waals surface area contributed by atoms with Gasteiger partial charge in [-0.3, -0.25) is 4.79 Å². The first kappa shape index (κ1) is 13.8. The molecule has 0 heterocycles. The van der Waals surface area contributed by atoms with Gasteiger partial charge in [-0.2, -0.15) is 0 Å². The third-order valence-electron chi connectivity index (χ3n) is 3.51. The van der Waals surface area contributed by atoms with Gasteiger partial charge >= 0.3 is 0 Å². The molecule has 1 aliphatic rings. The summed E-state index contributed by atoms with van der Waals surface area (Å²) in [6, 6.07) is 4.15. The van der Waals surface area contributed by atoms with Crippen molar-refractivity contribution in [1.82, 2.24) is 0 Å². The quantitative estimate of drug-likeness (QED) is 0.882. The van der Waals surface area contributed by atoms with Gasteiger partial charge in [0.05, 0.1) is 12.8 Å². The summed E-state index contributed by atoms with van der Waals surface area (Å²) in [5.41, 5.74) is 6.37. The van der Waals surface area contributed by atoms with E-state index >= 15 is 0 Å². The van der Waals surface area contributed by atoms with E-state index in [4.69, 9.17) is 10.5 Å². The Morgan fingerprint density at radius 3 is 2.95 bits per heavy atom. The molecule has 0 aromatic heterocycles. The van der Waals surface area contributed by atoms with Crippen LogP contribution in [0.2, 0.25) is 0 Å². The number of carbonyl (C=O) groups excluding carboxylic acids is 1. The van der Waals surface area contributed by atoms with E-state index in [2.05, 4.69) is 5.32 Å². The molecular formula is C14H19FN2O2. The number of rotatable bonds is 3. The lowest BCUT2D eigenvalue weighted by Gasteiger charge is -2.25. The largest absolute Gasteiger partial charge is 0.494 e. The summed E-state index contributed by atoms with van der Waals surface area (Å²) in [6.45, 7) is 0. The first-order valence-electron chi connectivity index (χ1n) is 6.50. The molecule has 104 valence electrons. The van der Waals surface area contributed by atoms with Crippen molar-refractivity contribution in [1.29, 1.82) is 0 Å². The molecule has 0 spiro atoms. The number of carbonyl (C=O) groups is 1. The van der Waals surface area contributed by atoms with Crippen LogP contribution in [0.25, 0.3) is 0 Å². The highest BCUT2D eigenvalue weighted by atomic mass is 19.1. The first-order valence-corrected chi connectivity index (χ1v) is 6.50. The number of hydrogen-bond donors (Lipinski definition) is 2. The van der Waals surface area contributed by atoms with Crippen molar-refractivity contribution in [2.45, 2.75) is 31.7 Å². The third-order valence-corrected chi connectivity index (χ3v) is 3.51. The number of amides is 1. The summed E-state index contributed by atoms with van der Waals surface area (Å²) in [4.78, 5) is 12.2. The highest BCUT2D eigenvalue weighted by molar-refractivity contribution is 5.94. The summed E-state index contributed by atoms with van der Waals surface area (Å²) >= 11 is 0. The van der Waals surface area contributed by atoms with Gasteiger partial charge in [0, 0.05) is 18.0 Å². The minimum Gasteiger partial charge on any atom is -0.494 e. The molecule has 2 atom stereocenters. The Morgan fingerprint density at radius 2 is 2.26 bits per heavy atom. The summed E-state index contributed by atoms with van der Waals surface area (Å²) in [5, 5.41) is 2.79. The first-order chi connectivity index (χ1) is 9.10. The lowest BCUT2D eigenvalue weighted by molar-refractivity contribution is -0.120. The number of nitrogens with one attached hydrogen (secondary N) is 1. The normalized spacial score (nSPS) is 22.9. The second-order valence-corrected chi connectivity index (χ2v) is 4.96. The lowest BCUT2D eigenvalue weighted by Crippen LogP contribution is -2.34. The Kier molecular flexibility index (Phi) is 4.37. The van der Waals surface area contributed by atoms with E-state index < -0.39 is 5.82 Å². The molecule has 1 amide bonds. The van der Waals surface area contributed by atoms with Gasteiger partial charge < -0.3 is 15.8 Å². The molecule has 1 aliphatic carbocycles. The predicted octanol–water partition coefficient (Wildman–Crippen LogP) is 2.29. The molecule has 0 aliphatic heterocycles. The van der Waals surface area contributed by atoms with Crippen LogP contribution in [0.5, 0.6) is 5.75 Å². The number of methoxy groups -OCH3 is 1. The third kappa shape index (κ3) is 3.44. The Bertz CT molecular complexity index is 465. The molecule has 4 nitrogen and oxygen atoms in total. The molecule has 1 saturated carbocycles. The maximum atomic E-state index is 13.1. The SMILES string of the molecule is COc1cc(F)ccc1NC(=O)C1CCCC(N)C1. The van der Waals surface area contributed by atoms with Crippen LogP contribution in [0, 0.1) is 11.7 Å². The molecule has 5 heteroatoms. The number of nitrogens with two attached hydrogens (primary N) is 1. The minimum absolute atomic E-state index is 0.0694. The fourth-order valence-corrected chi connectivity index (χ4v) is 2.47. The van der Waals surface area contributed by atoms with Gasteiger partial charge in [0.2, 0.25) is 5.91 Å². The van der Waals surface area contributed by atoms with E-state index in [0.29, 0.717) is 17.9 Å². The van der Waals surface area contributed by atoms with Crippen LogP contribution in [0.4, 0.5) is 10.1 Å². The molecule has 1 aromatic rings. The average molecular weight is 266 g/mol. The predicted molar refractivity (Wildman–Crippen MR) is 71.5 cm³/mol. The second kappa shape index (κ2) is 6.02. The molecule has 0 saturated heterocycles. The molecule has 0 bridgehead atoms. The van der Waals surface area contributed by atoms with Crippen LogP contribution in [0.15, 0.2) is 18.2 Å². The van der Waals surface area contributed by atoms with Crippen molar-refractivity contribution in [2.75, 3.05) is 12.4 Å². The van der Waals surface area contributed by atoms with E-state index in [1.54, 1.807) is 0 Å². The van der Waals surface area contributed by atoms with Crippen molar-refractivity contribution in [3.63, 3.8) is 0 Å². The molecular weight excluding hydrogens is 247 g/mol. The van der Waals surface area contributed by atoms with Gasteiger partial charge in [-0.25, -0.2) is 4.39 Å². The number of hydrogen-bond acceptors (Lipinski definition) is 3. The standard InChI is InChI=1S/C14H19FN2O2/c1-19-13-8-10(15)5-6-12(13)17-14(18)9-3-2-4-11(16)7-9/h5-6,8-9,11H,2-4,7,16H2,1H3,(H,17,18). The van der Waals surface area contributed by atoms with E-state index in [9.17, 15) is 9.18 Å². The minimum atomic E-state index is -0.394. The number of anilines is 1. The summed E-state index contributed by atoms with van der Waals surface area (Å²) < 4.78 is 18.1. The van der Waals surface area contributed by atoms with Crippen molar-refractivity contribution < 1.29 is 13.9 Å². The molecule has 2 unspecified atom stereocenters. The number of halogens is 1. The van der Waals surface area contributed by atoms with E-state index in [0.717, 1.165) is 19.3 Å². The Balaban J connectivity index is 2.06. The van der Waals surface area contributed by atoms with E-state index in [-0.39, 0.29) is 17.9 Å². The Morgan fingerprint density at radius 1 is 1.47 bits per heavy atom. The van der Waals surface area contributed by atoms with Crippen molar-refractivity contribution in [2.24, 2.45) is 11.7 Å². The molecule has 19 heavy (non-hydrogen) atoms. The molecule has 3 N–H and O–H groups in total. The molecule has 0 radical (unpaired) electrons. The monoisotopic (exact) mass is 266 g/mol. The average Bonchev–Trinajstić information content (AvgIpc) is 2.40. The van der Waals surface area contributed by atoms with Gasteiger partial charge in [-0.05, 0) is 31.4 Å². The number of benzene rings is 1. The van der Waals surface area contributed by atoms with Gasteiger partial charge in [-0.15, -0.1) is 0 Å². The van der Waals surface area contributed by atoms with E-state index in [1.165, 1.54) is 25.3 Å². The number of ether oxygens (including phenoxy) is 1. The zero-order valence-electron chi connectivity index (χ0n) is 11.0. The maximum absolute atomic E-state index is 13.1. The highest BCUT2D eigenvalue weighted by Crippen LogP contribution is 2.28. The van der Waals surface area contributed by atoms with Gasteiger partial charge in [0.1, 0.15) is 11.6 Å². The molecule has 1 aromatic carbocycles. The second-order valence-electron chi connectivity index (χ2n) is 4.96. The van der Waals surface area contributed by atoms with Crippen LogP contribution in [-0.4, -0.2) is 19.1 Å². The van der Waals surface area contributed by atoms with Crippen molar-refractivity contribution in [3.8, 4) is 5.75 Å². The Labute approximate surface area is 112 Å². The fourth-order valence-electron chi connectivity index (χ4n) is 2.47. The van der Waals surface area contributed by atoms with Crippen molar-refractivity contribution >= 4 is 11.6 Å². The molecule has 1 fully saturated rings. The zero-order chi connectivity index (χ0) is 13.8. The van der Waals surface area contributed by atoms with Gasteiger partial charge in [0.15, 0.2) is 0 Å². The zero-order valence-corrected chi connectivity index (χ0v) is 11.0. The molecule has 2 rings (SSSR count). The lowest BCUT2D eigenvalue weighted by atomic mass is 9.85. The summed E-state index contributed by atoms with van der Waals surface area (Å²) in [6.07, 6.45) is 3.50. The fraction of sp³-hybridized carbons (Fsp3) is 0.500. The maximum Gasteiger partial charge on any atom is 0.227 e. The van der Waals surface area contributed by atoms with Crippen LogP contribution >= 0.6 is 0 Å². The van der Waals surface area contributed by atoms with Crippen LogP contribution < -0.4 is 15.8 Å². The summed E-state index contributed by atoms with van der Waals surface area (Å²) in [7, 11) is 1.45. The van der Waals surface area contributed by atoms with Crippen LogP contribution in [0.1, 0.15) is 25.7 Å². The smallest absolute Gasteiger partial charge is 0.227 e. The van der Waals surface area contributed by atoms with Crippen molar-refractivity contribution in [3.05, 3.63) is 24.0 Å². The van der Waals surface area contributed by atoms with Gasteiger partial charge in [0.25, 0.3) is 0 Å². The topological polar surface area (TPSA) is 64.3 Å². The van der Waals surface area contributed by atoms with Crippen LogP contribution in [0.3, 0.4) is 0 Å². The Hall–Kier alpha value is -1.62.